The van der Waals surface area contributed by atoms with Gasteiger partial charge in [0.05, 0.1) is 0 Å². The van der Waals surface area contributed by atoms with Gasteiger partial charge in [-0.3, -0.25) is 10.1 Å². The molecule has 0 aliphatic carbocycles. The Morgan fingerprint density at radius 1 is 1.47 bits per heavy atom. The summed E-state index contributed by atoms with van der Waals surface area (Å²) in [6.07, 6.45) is 1.78. The van der Waals surface area contributed by atoms with Crippen molar-refractivity contribution in [1.29, 1.82) is 0 Å². The van der Waals surface area contributed by atoms with Gasteiger partial charge in [0, 0.05) is 11.8 Å². The number of nitrogens with zero attached hydrogens (tertiary/aromatic N) is 2. The maximum Gasteiger partial charge on any atom is 0.348 e. The lowest BCUT2D eigenvalue weighted by Gasteiger charge is -2.15. The Hall–Kier alpha value is -1.43. The van der Waals surface area contributed by atoms with Gasteiger partial charge < -0.3 is 0 Å². The van der Waals surface area contributed by atoms with E-state index in [-0.39, 0.29) is 15.9 Å². The molecule has 6 heteroatoms. The summed E-state index contributed by atoms with van der Waals surface area (Å²) in [6.45, 7) is 6.17. The van der Waals surface area contributed by atoms with E-state index in [4.69, 9.17) is 12.2 Å². The summed E-state index contributed by atoms with van der Waals surface area (Å²) in [5.41, 5.74) is 1.20. The van der Waals surface area contributed by atoms with Crippen LogP contribution in [0.25, 0.3) is 5.65 Å². The van der Waals surface area contributed by atoms with E-state index in [9.17, 15) is 4.79 Å². The van der Waals surface area contributed by atoms with Crippen LogP contribution in [-0.2, 0) is 5.41 Å². The van der Waals surface area contributed by atoms with Crippen molar-refractivity contribution in [2.45, 2.75) is 26.2 Å². The number of aromatic nitrogens is 4. The molecule has 0 fully saturated rings. The molecule has 2 aromatic heterocycles. The summed E-state index contributed by atoms with van der Waals surface area (Å²) in [5, 5.41) is 2.85. The molecule has 0 spiro atoms. The summed E-state index contributed by atoms with van der Waals surface area (Å²) >= 11 is 4.88. The van der Waals surface area contributed by atoms with Crippen molar-refractivity contribution in [2.24, 2.45) is 0 Å². The molecule has 0 aliphatic heterocycles. The number of hydrogen-bond acceptors (Lipinski definition) is 3. The maximum absolute atomic E-state index is 11.5. The number of hydrogen-bond donors (Lipinski definition) is 2. The minimum absolute atomic E-state index is 0.0756. The average molecular weight is 224 g/mol. The van der Waals surface area contributed by atoms with Gasteiger partial charge >= 0.3 is 5.69 Å². The summed E-state index contributed by atoms with van der Waals surface area (Å²) in [6, 6.07) is 0. The molecule has 0 amide bonds. The lowest BCUT2D eigenvalue weighted by atomic mass is 9.89. The van der Waals surface area contributed by atoms with Gasteiger partial charge in [0.25, 0.3) is 0 Å². The minimum atomic E-state index is -0.291. The third kappa shape index (κ3) is 1.61. The normalized spacial score (nSPS) is 12.2. The highest BCUT2D eigenvalue weighted by molar-refractivity contribution is 7.71. The number of nitrogens with one attached hydrogen (secondary N) is 2. The standard InChI is InChI=1S/C9H12N4OS/c1-9(2,3)5-4-10-13-6(5)11-7(15)12-8(13)14/h4,10H,1-3H3,(H,12,14,15). The minimum Gasteiger partial charge on any atom is -0.295 e. The zero-order chi connectivity index (χ0) is 11.2. The topological polar surface area (TPSA) is 65.9 Å². The molecule has 0 saturated heterocycles. The fourth-order valence-corrected chi connectivity index (χ4v) is 1.64. The van der Waals surface area contributed by atoms with Crippen LogP contribution in [0, 0.1) is 4.77 Å². The summed E-state index contributed by atoms with van der Waals surface area (Å²) in [7, 11) is 0. The van der Waals surface area contributed by atoms with Gasteiger partial charge in [-0.1, -0.05) is 20.8 Å². The second-order valence-electron chi connectivity index (χ2n) is 4.44. The molecule has 0 radical (unpaired) electrons. The quantitative estimate of drug-likeness (QED) is 0.664. The van der Waals surface area contributed by atoms with Crippen LogP contribution >= 0.6 is 12.2 Å². The largest absolute Gasteiger partial charge is 0.348 e. The van der Waals surface area contributed by atoms with Crippen LogP contribution in [-0.4, -0.2) is 19.6 Å². The third-order valence-corrected chi connectivity index (χ3v) is 2.42. The van der Waals surface area contributed by atoms with Gasteiger partial charge in [-0.15, -0.1) is 0 Å². The Balaban J connectivity index is 2.92. The van der Waals surface area contributed by atoms with Crippen molar-refractivity contribution in [2.75, 3.05) is 0 Å². The molecule has 0 atom stereocenters. The molecule has 15 heavy (non-hydrogen) atoms. The van der Waals surface area contributed by atoms with Crippen LogP contribution in [0.1, 0.15) is 26.3 Å². The summed E-state index contributed by atoms with van der Waals surface area (Å²) in [5.74, 6) is 0. The summed E-state index contributed by atoms with van der Waals surface area (Å²) in [4.78, 5) is 18.1. The first-order valence-electron chi connectivity index (χ1n) is 4.60. The molecular formula is C9H12N4OS. The first-order chi connectivity index (χ1) is 6.89. The van der Waals surface area contributed by atoms with E-state index in [0.29, 0.717) is 5.65 Å². The molecule has 2 rings (SSSR count). The van der Waals surface area contributed by atoms with Crippen LogP contribution in [0.3, 0.4) is 0 Å². The van der Waals surface area contributed by atoms with E-state index in [2.05, 4.69) is 35.8 Å². The molecule has 5 nitrogen and oxygen atoms in total. The van der Waals surface area contributed by atoms with Gasteiger partial charge in [-0.05, 0) is 17.6 Å². The van der Waals surface area contributed by atoms with E-state index in [1.54, 1.807) is 6.20 Å². The smallest absolute Gasteiger partial charge is 0.295 e. The van der Waals surface area contributed by atoms with Crippen molar-refractivity contribution in [3.8, 4) is 0 Å². The maximum atomic E-state index is 11.5. The number of fused-ring (bicyclic) bond motifs is 1. The zero-order valence-electron chi connectivity index (χ0n) is 8.79. The lowest BCUT2D eigenvalue weighted by Crippen LogP contribution is -2.20. The first-order valence-corrected chi connectivity index (χ1v) is 5.01. The van der Waals surface area contributed by atoms with Crippen molar-refractivity contribution < 1.29 is 0 Å². The average Bonchev–Trinajstić information content (AvgIpc) is 2.45. The lowest BCUT2D eigenvalue weighted by molar-refractivity contribution is 0.594. The Morgan fingerprint density at radius 2 is 2.13 bits per heavy atom. The van der Waals surface area contributed by atoms with Crippen LogP contribution in [0.15, 0.2) is 11.0 Å². The summed E-state index contributed by atoms with van der Waals surface area (Å²) < 4.78 is 1.57. The van der Waals surface area contributed by atoms with Crippen molar-refractivity contribution in [3.05, 3.63) is 27.0 Å². The molecule has 0 saturated carbocycles. The Kier molecular flexibility index (Phi) is 2.04. The molecular weight excluding hydrogens is 212 g/mol. The number of H-pyrrole nitrogens is 2. The van der Waals surface area contributed by atoms with E-state index >= 15 is 0 Å². The van der Waals surface area contributed by atoms with Crippen LogP contribution in [0.2, 0.25) is 0 Å². The van der Waals surface area contributed by atoms with Gasteiger partial charge in [-0.2, -0.15) is 4.52 Å². The Morgan fingerprint density at radius 3 is 2.73 bits per heavy atom. The van der Waals surface area contributed by atoms with E-state index in [0.717, 1.165) is 5.56 Å². The Bertz CT molecular complexity index is 613. The fourth-order valence-electron chi connectivity index (χ4n) is 1.46. The van der Waals surface area contributed by atoms with Gasteiger partial charge in [0.1, 0.15) is 0 Å². The molecule has 0 aromatic carbocycles. The van der Waals surface area contributed by atoms with Gasteiger partial charge in [0.2, 0.25) is 4.77 Å². The van der Waals surface area contributed by atoms with E-state index in [1.165, 1.54) is 4.52 Å². The molecule has 2 aromatic rings. The van der Waals surface area contributed by atoms with E-state index < -0.39 is 0 Å². The molecule has 80 valence electrons. The van der Waals surface area contributed by atoms with E-state index in [1.807, 2.05) is 0 Å². The van der Waals surface area contributed by atoms with Crippen molar-refractivity contribution >= 4 is 17.9 Å². The molecule has 2 heterocycles. The van der Waals surface area contributed by atoms with Crippen LogP contribution in [0.4, 0.5) is 0 Å². The second-order valence-corrected chi connectivity index (χ2v) is 4.83. The first kappa shape index (κ1) is 10.1. The van der Waals surface area contributed by atoms with Gasteiger partial charge in [-0.25, -0.2) is 9.78 Å². The third-order valence-electron chi connectivity index (χ3n) is 2.22. The predicted molar refractivity (Wildman–Crippen MR) is 59.7 cm³/mol. The van der Waals surface area contributed by atoms with Crippen LogP contribution in [0.5, 0.6) is 0 Å². The molecule has 0 unspecified atom stereocenters. The van der Waals surface area contributed by atoms with Crippen LogP contribution < -0.4 is 5.69 Å². The van der Waals surface area contributed by atoms with Crippen molar-refractivity contribution in [3.63, 3.8) is 0 Å². The Labute approximate surface area is 91.2 Å². The number of aromatic amines is 2. The highest BCUT2D eigenvalue weighted by Crippen LogP contribution is 2.24. The SMILES string of the molecule is CC(C)(C)c1c[nH]n2c(=O)[nH]c(=S)nc12. The highest BCUT2D eigenvalue weighted by Gasteiger charge is 2.20. The molecule has 2 N–H and O–H groups in total. The van der Waals surface area contributed by atoms with Gasteiger partial charge in [0.15, 0.2) is 5.65 Å². The second kappa shape index (κ2) is 3.03. The predicted octanol–water partition coefficient (Wildman–Crippen LogP) is 1.38. The molecule has 0 bridgehead atoms. The zero-order valence-corrected chi connectivity index (χ0v) is 9.60. The highest BCUT2D eigenvalue weighted by atomic mass is 32.1. The fraction of sp³-hybridized carbons (Fsp3) is 0.444. The molecule has 0 aliphatic rings. The monoisotopic (exact) mass is 224 g/mol. The van der Waals surface area contributed by atoms with Crippen molar-refractivity contribution in [1.82, 2.24) is 19.6 Å². The number of rotatable bonds is 0.